The molecule has 1 amide bonds. The topological polar surface area (TPSA) is 55.8 Å². The first-order chi connectivity index (χ1) is 7.90. The van der Waals surface area contributed by atoms with Gasteiger partial charge in [0.15, 0.2) is 0 Å². The minimum Gasteiger partial charge on any atom is -0.444 e. The molecule has 6 heteroatoms. The smallest absolute Gasteiger partial charge is 0.413 e. The predicted molar refractivity (Wildman–Crippen MR) is 67.4 cm³/mol. The van der Waals surface area contributed by atoms with E-state index in [9.17, 15) is 9.59 Å². The highest BCUT2D eigenvalue weighted by atomic mass is 35.5. The number of ether oxygens (including phenoxy) is 2. The van der Waals surface area contributed by atoms with E-state index < -0.39 is 28.2 Å². The molecule has 18 heavy (non-hydrogen) atoms. The van der Waals surface area contributed by atoms with Crippen LogP contribution in [0.25, 0.3) is 0 Å². The van der Waals surface area contributed by atoms with Gasteiger partial charge in [0.05, 0.1) is 6.61 Å². The van der Waals surface area contributed by atoms with Crippen LogP contribution in [0.15, 0.2) is 0 Å². The summed E-state index contributed by atoms with van der Waals surface area (Å²) in [5.41, 5.74) is -2.78. The third-order valence-corrected chi connectivity index (χ3v) is 3.15. The first-order valence-electron chi connectivity index (χ1n) is 5.77. The minimum absolute atomic E-state index is 0.0571. The molecule has 0 saturated carbocycles. The van der Waals surface area contributed by atoms with Gasteiger partial charge in [-0.3, -0.25) is 9.69 Å². The molecule has 0 bridgehead atoms. The van der Waals surface area contributed by atoms with E-state index in [0.717, 1.165) is 0 Å². The molecule has 1 heterocycles. The zero-order valence-electron chi connectivity index (χ0n) is 11.7. The van der Waals surface area contributed by atoms with Crippen LogP contribution in [0.5, 0.6) is 0 Å². The third-order valence-electron chi connectivity index (χ3n) is 2.74. The number of carbonyl (C=O) groups excluding carboxylic acids is 2. The van der Waals surface area contributed by atoms with Crippen LogP contribution >= 0.6 is 11.6 Å². The second-order valence-corrected chi connectivity index (χ2v) is 6.44. The lowest BCUT2D eigenvalue weighted by molar-refractivity contribution is -0.122. The van der Waals surface area contributed by atoms with Crippen molar-refractivity contribution in [3.63, 3.8) is 0 Å². The van der Waals surface area contributed by atoms with Gasteiger partial charge in [-0.2, -0.15) is 0 Å². The summed E-state index contributed by atoms with van der Waals surface area (Å²) in [4.78, 5) is 25.0. The van der Waals surface area contributed by atoms with E-state index >= 15 is 0 Å². The van der Waals surface area contributed by atoms with Gasteiger partial charge in [-0.25, -0.2) is 4.79 Å². The number of halogens is 1. The largest absolute Gasteiger partial charge is 0.444 e. The van der Waals surface area contributed by atoms with Crippen molar-refractivity contribution in [1.29, 1.82) is 0 Å². The summed E-state index contributed by atoms with van der Waals surface area (Å²) in [6, 6.07) is 0. The Kier molecular flexibility index (Phi) is 3.71. The number of hydrogen-bond acceptors (Lipinski definition) is 4. The van der Waals surface area contributed by atoms with Crippen molar-refractivity contribution in [3.8, 4) is 0 Å². The van der Waals surface area contributed by atoms with Crippen LogP contribution in [0.3, 0.4) is 0 Å². The van der Waals surface area contributed by atoms with Gasteiger partial charge >= 0.3 is 6.09 Å². The second-order valence-electron chi connectivity index (χ2n) is 6.10. The molecule has 1 rings (SSSR count). The molecule has 0 aromatic heterocycles. The van der Waals surface area contributed by atoms with Gasteiger partial charge in [0.2, 0.25) is 5.24 Å². The van der Waals surface area contributed by atoms with Gasteiger partial charge in [0.1, 0.15) is 16.9 Å². The van der Waals surface area contributed by atoms with E-state index in [2.05, 4.69) is 0 Å². The molecule has 0 aliphatic carbocycles. The van der Waals surface area contributed by atoms with Crippen molar-refractivity contribution in [2.75, 3.05) is 6.61 Å². The van der Waals surface area contributed by atoms with E-state index in [1.807, 2.05) is 0 Å². The number of hydrogen-bond donors (Lipinski definition) is 0. The Balaban J connectivity index is 3.07. The zero-order valence-corrected chi connectivity index (χ0v) is 12.4. The highest BCUT2D eigenvalue weighted by molar-refractivity contribution is 6.65. The second kappa shape index (κ2) is 4.38. The van der Waals surface area contributed by atoms with Crippen molar-refractivity contribution in [2.45, 2.75) is 58.4 Å². The normalized spacial score (nSPS) is 27.2. The summed E-state index contributed by atoms with van der Waals surface area (Å²) in [5.74, 6) is 0. The first kappa shape index (κ1) is 15.2. The maximum atomic E-state index is 12.2. The van der Waals surface area contributed by atoms with E-state index in [-0.39, 0.29) is 6.61 Å². The Morgan fingerprint density at radius 3 is 2.17 bits per heavy atom. The van der Waals surface area contributed by atoms with Crippen LogP contribution in [0.4, 0.5) is 4.79 Å². The van der Waals surface area contributed by atoms with Gasteiger partial charge in [-0.1, -0.05) is 0 Å². The summed E-state index contributed by atoms with van der Waals surface area (Å²) < 4.78 is 10.8. The highest BCUT2D eigenvalue weighted by Gasteiger charge is 2.56. The van der Waals surface area contributed by atoms with E-state index in [1.54, 1.807) is 41.5 Å². The molecule has 5 nitrogen and oxygen atoms in total. The number of nitrogens with zero attached hydrogens (tertiary/aromatic N) is 1. The monoisotopic (exact) mass is 277 g/mol. The minimum atomic E-state index is -1.20. The Morgan fingerprint density at radius 2 is 1.78 bits per heavy atom. The average molecular weight is 278 g/mol. The van der Waals surface area contributed by atoms with Crippen molar-refractivity contribution in [3.05, 3.63) is 0 Å². The van der Waals surface area contributed by atoms with Gasteiger partial charge in [-0.15, -0.1) is 0 Å². The lowest BCUT2D eigenvalue weighted by Gasteiger charge is -2.38. The van der Waals surface area contributed by atoms with Crippen LogP contribution in [0.1, 0.15) is 41.5 Å². The van der Waals surface area contributed by atoms with Gasteiger partial charge < -0.3 is 9.47 Å². The quantitative estimate of drug-likeness (QED) is 0.691. The summed E-state index contributed by atoms with van der Waals surface area (Å²) in [7, 11) is 0. The first-order valence-corrected chi connectivity index (χ1v) is 6.15. The summed E-state index contributed by atoms with van der Waals surface area (Å²) in [6.07, 6.45) is -0.610. The molecular weight excluding hydrogens is 258 g/mol. The molecule has 1 aliphatic heterocycles. The van der Waals surface area contributed by atoms with Gasteiger partial charge in [0, 0.05) is 0 Å². The Morgan fingerprint density at radius 1 is 1.28 bits per heavy atom. The standard InChI is InChI=1S/C12H20ClNO4/c1-10(2,3)18-9(16)14-11(4,5)17-7-12(14,6)8(13)15/h7H2,1-6H3. The van der Waals surface area contributed by atoms with Crippen molar-refractivity contribution in [2.24, 2.45) is 0 Å². The van der Waals surface area contributed by atoms with Crippen LogP contribution in [-0.2, 0) is 14.3 Å². The third kappa shape index (κ3) is 2.78. The van der Waals surface area contributed by atoms with Gasteiger partial charge in [-0.05, 0) is 53.1 Å². The molecule has 0 radical (unpaired) electrons. The fourth-order valence-corrected chi connectivity index (χ4v) is 2.05. The Hall–Kier alpha value is -0.810. The fourth-order valence-electron chi connectivity index (χ4n) is 1.91. The summed E-state index contributed by atoms with van der Waals surface area (Å²) in [6.45, 7) is 10.3. The number of amides is 1. The maximum absolute atomic E-state index is 12.2. The zero-order chi connectivity index (χ0) is 14.4. The molecule has 0 aromatic carbocycles. The molecule has 1 unspecified atom stereocenters. The molecule has 0 aromatic rings. The molecular formula is C12H20ClNO4. The molecule has 1 saturated heterocycles. The molecule has 1 atom stereocenters. The van der Waals surface area contributed by atoms with Gasteiger partial charge in [0.25, 0.3) is 0 Å². The molecule has 1 aliphatic rings. The average Bonchev–Trinajstić information content (AvgIpc) is 2.35. The Bertz CT molecular complexity index is 375. The SMILES string of the molecule is CC(C)(C)OC(=O)N1C(C)(C)OCC1(C)C(=O)Cl. The van der Waals surface area contributed by atoms with Crippen molar-refractivity contribution in [1.82, 2.24) is 4.90 Å². The lowest BCUT2D eigenvalue weighted by atomic mass is 10.0. The van der Waals surface area contributed by atoms with E-state index in [0.29, 0.717) is 0 Å². The molecule has 0 N–H and O–H groups in total. The number of rotatable bonds is 1. The predicted octanol–water partition coefficient (Wildman–Crippen LogP) is 2.51. The fraction of sp³-hybridized carbons (Fsp3) is 0.833. The van der Waals surface area contributed by atoms with Crippen LogP contribution in [-0.4, -0.2) is 39.7 Å². The van der Waals surface area contributed by atoms with Crippen LogP contribution in [0, 0.1) is 0 Å². The number of carbonyl (C=O) groups is 2. The lowest BCUT2D eigenvalue weighted by Crippen LogP contribution is -2.58. The molecule has 0 spiro atoms. The molecule has 1 fully saturated rings. The summed E-state index contributed by atoms with van der Waals surface area (Å²) in [5, 5.41) is -0.640. The van der Waals surface area contributed by atoms with Crippen molar-refractivity contribution >= 4 is 22.9 Å². The summed E-state index contributed by atoms with van der Waals surface area (Å²) >= 11 is 5.59. The molecule has 104 valence electrons. The van der Waals surface area contributed by atoms with E-state index in [1.165, 1.54) is 4.90 Å². The van der Waals surface area contributed by atoms with Crippen LogP contribution in [0.2, 0.25) is 0 Å². The highest BCUT2D eigenvalue weighted by Crippen LogP contribution is 2.37. The maximum Gasteiger partial charge on any atom is 0.413 e. The van der Waals surface area contributed by atoms with E-state index in [4.69, 9.17) is 21.1 Å². The van der Waals surface area contributed by atoms with Crippen molar-refractivity contribution < 1.29 is 19.1 Å². The van der Waals surface area contributed by atoms with Crippen LogP contribution < -0.4 is 0 Å². The Labute approximate surface area is 112 Å².